The van der Waals surface area contributed by atoms with Gasteiger partial charge in [-0.1, -0.05) is 41.7 Å². The third-order valence-corrected chi connectivity index (χ3v) is 7.35. The van der Waals surface area contributed by atoms with Crippen LogP contribution in [0.1, 0.15) is 12.8 Å². The van der Waals surface area contributed by atoms with Gasteiger partial charge in [0.25, 0.3) is 0 Å². The topological polar surface area (TPSA) is 76.1 Å². The molecule has 3 aromatic carbocycles. The first-order valence-corrected chi connectivity index (χ1v) is 11.5. The highest BCUT2D eigenvalue weighted by Crippen LogP contribution is 2.32. The van der Waals surface area contributed by atoms with Crippen LogP contribution in [0, 0.1) is 5.82 Å². The van der Waals surface area contributed by atoms with Crippen LogP contribution in [0.5, 0.6) is 0 Å². The van der Waals surface area contributed by atoms with Gasteiger partial charge in [0.2, 0.25) is 5.91 Å². The van der Waals surface area contributed by atoms with Crippen LogP contribution < -0.4 is 5.32 Å². The second-order valence-corrected chi connectivity index (χ2v) is 9.69. The molecular formula is C21H17FN2O3S2. The van der Waals surface area contributed by atoms with Crippen molar-refractivity contribution in [2.24, 2.45) is 0 Å². The summed E-state index contributed by atoms with van der Waals surface area (Å²) in [6.45, 7) is 0. The molecule has 1 heterocycles. The molecule has 0 fully saturated rings. The summed E-state index contributed by atoms with van der Waals surface area (Å²) < 4.78 is 38.5. The minimum atomic E-state index is -3.55. The number of carbonyl (C=O) groups is 1. The van der Waals surface area contributed by atoms with Crippen LogP contribution >= 0.6 is 11.3 Å². The number of benzene rings is 3. The van der Waals surface area contributed by atoms with Crippen molar-refractivity contribution in [1.29, 1.82) is 0 Å². The molecule has 1 N–H and O–H groups in total. The van der Waals surface area contributed by atoms with E-state index in [0.29, 0.717) is 5.13 Å². The molecule has 4 rings (SSSR count). The molecule has 5 nitrogen and oxygen atoms in total. The van der Waals surface area contributed by atoms with Gasteiger partial charge in [-0.05, 0) is 42.1 Å². The zero-order valence-electron chi connectivity index (χ0n) is 15.3. The zero-order chi connectivity index (χ0) is 20.4. The Balaban J connectivity index is 1.40. The third kappa shape index (κ3) is 4.28. The lowest BCUT2D eigenvalue weighted by Gasteiger charge is -2.04. The zero-order valence-corrected chi connectivity index (χ0v) is 16.9. The van der Waals surface area contributed by atoms with Gasteiger partial charge in [0.1, 0.15) is 5.82 Å². The van der Waals surface area contributed by atoms with E-state index in [2.05, 4.69) is 10.3 Å². The second-order valence-electron chi connectivity index (χ2n) is 6.58. The number of nitrogens with one attached hydrogen (secondary N) is 1. The first kappa shape index (κ1) is 19.5. The summed E-state index contributed by atoms with van der Waals surface area (Å²) in [4.78, 5) is 16.7. The van der Waals surface area contributed by atoms with Gasteiger partial charge in [-0.3, -0.25) is 4.79 Å². The number of fused-ring (bicyclic) bond motifs is 3. The predicted octanol–water partition coefficient (Wildman–Crippen LogP) is 4.78. The lowest BCUT2D eigenvalue weighted by Crippen LogP contribution is -2.14. The lowest BCUT2D eigenvalue weighted by molar-refractivity contribution is -0.116. The maximum absolute atomic E-state index is 13.0. The lowest BCUT2D eigenvalue weighted by atomic mass is 10.1. The summed E-state index contributed by atoms with van der Waals surface area (Å²) in [5, 5.41) is 5.42. The highest BCUT2D eigenvalue weighted by Gasteiger charge is 2.16. The molecule has 0 saturated heterocycles. The van der Waals surface area contributed by atoms with E-state index in [9.17, 15) is 17.6 Å². The van der Waals surface area contributed by atoms with Crippen LogP contribution in [0.25, 0.3) is 21.0 Å². The minimum Gasteiger partial charge on any atom is -0.302 e. The average molecular weight is 429 g/mol. The van der Waals surface area contributed by atoms with Crippen molar-refractivity contribution in [3.63, 3.8) is 0 Å². The Morgan fingerprint density at radius 3 is 2.59 bits per heavy atom. The molecule has 0 aliphatic heterocycles. The number of amides is 1. The van der Waals surface area contributed by atoms with E-state index in [-0.39, 0.29) is 29.4 Å². The molecule has 0 aliphatic rings. The van der Waals surface area contributed by atoms with Gasteiger partial charge in [0.15, 0.2) is 15.0 Å². The van der Waals surface area contributed by atoms with Crippen molar-refractivity contribution in [3.8, 4) is 0 Å². The smallest absolute Gasteiger partial charge is 0.226 e. The molecule has 29 heavy (non-hydrogen) atoms. The normalized spacial score (nSPS) is 11.8. The van der Waals surface area contributed by atoms with Crippen molar-refractivity contribution in [2.75, 3.05) is 11.1 Å². The van der Waals surface area contributed by atoms with E-state index in [0.717, 1.165) is 33.1 Å². The maximum Gasteiger partial charge on any atom is 0.226 e. The van der Waals surface area contributed by atoms with E-state index in [1.807, 2.05) is 36.4 Å². The molecule has 0 bridgehead atoms. The van der Waals surface area contributed by atoms with Crippen molar-refractivity contribution >= 4 is 53.2 Å². The predicted molar refractivity (Wildman–Crippen MR) is 113 cm³/mol. The van der Waals surface area contributed by atoms with Crippen molar-refractivity contribution in [3.05, 3.63) is 66.5 Å². The molecule has 0 spiro atoms. The monoisotopic (exact) mass is 428 g/mol. The molecule has 8 heteroatoms. The number of nitrogens with zero attached hydrogens (tertiary/aromatic N) is 1. The number of hydrogen-bond acceptors (Lipinski definition) is 5. The summed E-state index contributed by atoms with van der Waals surface area (Å²) in [5.74, 6) is -0.967. The Morgan fingerprint density at radius 2 is 1.79 bits per heavy atom. The van der Waals surface area contributed by atoms with Crippen LogP contribution in [0.4, 0.5) is 9.52 Å². The van der Waals surface area contributed by atoms with Gasteiger partial charge in [-0.2, -0.15) is 0 Å². The van der Waals surface area contributed by atoms with Crippen LogP contribution in [0.3, 0.4) is 0 Å². The second kappa shape index (κ2) is 7.88. The van der Waals surface area contributed by atoms with Gasteiger partial charge in [0, 0.05) is 11.8 Å². The highest BCUT2D eigenvalue weighted by atomic mass is 32.2. The van der Waals surface area contributed by atoms with Crippen molar-refractivity contribution in [1.82, 2.24) is 4.98 Å². The number of thiazole rings is 1. The molecule has 0 unspecified atom stereocenters. The standard InChI is InChI=1S/C21H17FN2O3S2/c22-15-8-10-16(11-9-15)29(26,27)13-3-6-19(25)24-21-23-18-12-7-14-4-1-2-5-17(14)20(18)28-21/h1-2,4-5,7-12H,3,6,13H2,(H,23,24,25). The van der Waals surface area contributed by atoms with E-state index in [4.69, 9.17) is 0 Å². The highest BCUT2D eigenvalue weighted by molar-refractivity contribution is 7.91. The first-order chi connectivity index (χ1) is 13.9. The van der Waals surface area contributed by atoms with Crippen LogP contribution in [-0.4, -0.2) is 25.1 Å². The Morgan fingerprint density at radius 1 is 1.03 bits per heavy atom. The Kier molecular flexibility index (Phi) is 5.29. The minimum absolute atomic E-state index is 0.0527. The summed E-state index contributed by atoms with van der Waals surface area (Å²) in [6.07, 6.45) is 0.219. The molecular weight excluding hydrogens is 411 g/mol. The maximum atomic E-state index is 13.0. The Labute approximate surface area is 171 Å². The van der Waals surface area contributed by atoms with E-state index in [1.54, 1.807) is 0 Å². The van der Waals surface area contributed by atoms with E-state index < -0.39 is 15.7 Å². The number of anilines is 1. The number of sulfone groups is 1. The number of aromatic nitrogens is 1. The van der Waals surface area contributed by atoms with E-state index >= 15 is 0 Å². The molecule has 148 valence electrons. The van der Waals surface area contributed by atoms with Gasteiger partial charge < -0.3 is 5.32 Å². The Bertz CT molecular complexity index is 1300. The van der Waals surface area contributed by atoms with Crippen molar-refractivity contribution < 1.29 is 17.6 Å². The number of rotatable bonds is 6. The fourth-order valence-electron chi connectivity index (χ4n) is 3.07. The summed E-state index contributed by atoms with van der Waals surface area (Å²) >= 11 is 1.40. The number of hydrogen-bond donors (Lipinski definition) is 1. The fourth-order valence-corrected chi connectivity index (χ4v) is 5.40. The van der Waals surface area contributed by atoms with Gasteiger partial charge in [-0.25, -0.2) is 17.8 Å². The molecule has 0 aliphatic carbocycles. The molecule has 0 radical (unpaired) electrons. The molecule has 1 aromatic heterocycles. The fraction of sp³-hybridized carbons (Fsp3) is 0.143. The quantitative estimate of drug-likeness (QED) is 0.449. The van der Waals surface area contributed by atoms with Crippen LogP contribution in [0.15, 0.2) is 65.6 Å². The van der Waals surface area contributed by atoms with E-state index in [1.165, 1.54) is 23.5 Å². The van der Waals surface area contributed by atoms with Crippen molar-refractivity contribution in [2.45, 2.75) is 17.7 Å². The third-order valence-electron chi connectivity index (χ3n) is 4.52. The number of halogens is 1. The summed E-state index contributed by atoms with van der Waals surface area (Å²) in [6, 6.07) is 16.6. The first-order valence-electron chi connectivity index (χ1n) is 8.99. The molecule has 1 amide bonds. The largest absolute Gasteiger partial charge is 0.302 e. The molecule has 0 atom stereocenters. The van der Waals surface area contributed by atoms with Gasteiger partial charge >= 0.3 is 0 Å². The summed E-state index contributed by atoms with van der Waals surface area (Å²) in [7, 11) is -3.55. The Hall–Kier alpha value is -2.84. The number of carbonyl (C=O) groups excluding carboxylic acids is 1. The van der Waals surface area contributed by atoms with Gasteiger partial charge in [-0.15, -0.1) is 0 Å². The van der Waals surface area contributed by atoms with Crippen LogP contribution in [0.2, 0.25) is 0 Å². The molecule has 4 aromatic rings. The average Bonchev–Trinajstić information content (AvgIpc) is 3.11. The molecule has 0 saturated carbocycles. The van der Waals surface area contributed by atoms with Gasteiger partial charge in [0.05, 0.1) is 20.9 Å². The SMILES string of the molecule is O=C(CCCS(=O)(=O)c1ccc(F)cc1)Nc1nc2ccc3ccccc3c2s1. The summed E-state index contributed by atoms with van der Waals surface area (Å²) in [5.41, 5.74) is 0.808. The van der Waals surface area contributed by atoms with Crippen LogP contribution in [-0.2, 0) is 14.6 Å².